The van der Waals surface area contributed by atoms with Crippen LogP contribution in [0.25, 0.3) is 0 Å². The van der Waals surface area contributed by atoms with Crippen LogP contribution >= 0.6 is 0 Å². The van der Waals surface area contributed by atoms with Gasteiger partial charge >= 0.3 is 0 Å². The SMILES string of the molecule is CCc1ccc(Nc2ccc(C(=O)Nc3ccc(N(C)C)cc3)nn2)cc1. The third-order valence-electron chi connectivity index (χ3n) is 4.17. The minimum atomic E-state index is -0.293. The van der Waals surface area contributed by atoms with Crippen molar-refractivity contribution in [3.8, 4) is 0 Å². The summed E-state index contributed by atoms with van der Waals surface area (Å²) in [5.41, 5.74) is 4.25. The van der Waals surface area contributed by atoms with Crippen LogP contribution in [-0.4, -0.2) is 30.2 Å². The molecule has 6 nitrogen and oxygen atoms in total. The average Bonchev–Trinajstić information content (AvgIpc) is 2.69. The van der Waals surface area contributed by atoms with E-state index in [4.69, 9.17) is 0 Å². The van der Waals surface area contributed by atoms with E-state index < -0.39 is 0 Å². The predicted octanol–water partition coefficient (Wildman–Crippen LogP) is 4.10. The van der Waals surface area contributed by atoms with E-state index in [0.29, 0.717) is 11.5 Å². The predicted molar refractivity (Wildman–Crippen MR) is 110 cm³/mol. The van der Waals surface area contributed by atoms with Crippen molar-refractivity contribution >= 4 is 28.8 Å². The lowest BCUT2D eigenvalue weighted by Gasteiger charge is -2.13. The van der Waals surface area contributed by atoms with Crippen molar-refractivity contribution in [1.82, 2.24) is 10.2 Å². The van der Waals surface area contributed by atoms with Gasteiger partial charge in [0.25, 0.3) is 5.91 Å². The van der Waals surface area contributed by atoms with Gasteiger partial charge in [-0.3, -0.25) is 4.79 Å². The number of carbonyl (C=O) groups is 1. The quantitative estimate of drug-likeness (QED) is 0.692. The van der Waals surface area contributed by atoms with Crippen LogP contribution in [-0.2, 0) is 6.42 Å². The Labute approximate surface area is 159 Å². The normalized spacial score (nSPS) is 10.3. The zero-order chi connectivity index (χ0) is 19.2. The van der Waals surface area contributed by atoms with E-state index in [0.717, 1.165) is 17.8 Å². The highest BCUT2D eigenvalue weighted by Gasteiger charge is 2.09. The zero-order valence-corrected chi connectivity index (χ0v) is 15.7. The fourth-order valence-electron chi connectivity index (χ4n) is 2.53. The van der Waals surface area contributed by atoms with Crippen molar-refractivity contribution in [3.63, 3.8) is 0 Å². The van der Waals surface area contributed by atoms with Gasteiger partial charge in [0.2, 0.25) is 0 Å². The molecule has 0 unspecified atom stereocenters. The molecule has 0 aliphatic carbocycles. The van der Waals surface area contributed by atoms with Crippen molar-refractivity contribution in [2.75, 3.05) is 29.6 Å². The van der Waals surface area contributed by atoms with Crippen LogP contribution in [0, 0.1) is 0 Å². The van der Waals surface area contributed by atoms with Gasteiger partial charge in [-0.2, -0.15) is 0 Å². The Morgan fingerprint density at radius 3 is 2.11 bits per heavy atom. The van der Waals surface area contributed by atoms with Crippen molar-refractivity contribution in [3.05, 3.63) is 71.9 Å². The first kappa shape index (κ1) is 18.4. The van der Waals surface area contributed by atoms with Crippen LogP contribution in [0.2, 0.25) is 0 Å². The second-order valence-corrected chi connectivity index (χ2v) is 6.37. The van der Waals surface area contributed by atoms with E-state index >= 15 is 0 Å². The van der Waals surface area contributed by atoms with Crippen molar-refractivity contribution in [1.29, 1.82) is 0 Å². The number of rotatable bonds is 6. The highest BCUT2D eigenvalue weighted by molar-refractivity contribution is 6.02. The van der Waals surface area contributed by atoms with Crippen molar-refractivity contribution in [2.24, 2.45) is 0 Å². The molecule has 1 heterocycles. The third kappa shape index (κ3) is 4.82. The molecule has 6 heteroatoms. The van der Waals surface area contributed by atoms with Crippen LogP contribution in [0.3, 0.4) is 0 Å². The van der Waals surface area contributed by atoms with Crippen molar-refractivity contribution in [2.45, 2.75) is 13.3 Å². The van der Waals surface area contributed by atoms with Gasteiger partial charge in [0.15, 0.2) is 11.5 Å². The number of anilines is 4. The van der Waals surface area contributed by atoms with Crippen LogP contribution < -0.4 is 15.5 Å². The standard InChI is InChI=1S/C21H23N5O/c1-4-15-5-7-16(8-6-15)22-20-14-13-19(24-25-20)21(27)23-17-9-11-18(12-10-17)26(2)3/h5-14H,4H2,1-3H3,(H,22,25)(H,23,27). The van der Waals surface area contributed by atoms with Crippen LogP contribution in [0.1, 0.15) is 23.0 Å². The summed E-state index contributed by atoms with van der Waals surface area (Å²) in [4.78, 5) is 14.3. The van der Waals surface area contributed by atoms with Gasteiger partial charge in [-0.25, -0.2) is 0 Å². The molecule has 3 rings (SSSR count). The molecule has 1 aromatic heterocycles. The summed E-state index contributed by atoms with van der Waals surface area (Å²) in [7, 11) is 3.94. The molecule has 2 N–H and O–H groups in total. The summed E-state index contributed by atoms with van der Waals surface area (Å²) in [5.74, 6) is 0.296. The van der Waals surface area contributed by atoms with Gasteiger partial charge in [0.1, 0.15) is 0 Å². The summed E-state index contributed by atoms with van der Waals surface area (Å²) in [6.07, 6.45) is 1.00. The summed E-state index contributed by atoms with van der Waals surface area (Å²) in [6.45, 7) is 2.12. The molecule has 0 saturated heterocycles. The second kappa shape index (κ2) is 8.31. The lowest BCUT2D eigenvalue weighted by atomic mass is 10.1. The van der Waals surface area contributed by atoms with Crippen LogP contribution in [0.5, 0.6) is 0 Å². The molecular formula is C21H23N5O. The zero-order valence-electron chi connectivity index (χ0n) is 15.7. The molecule has 0 aliphatic rings. The number of nitrogens with zero attached hydrogens (tertiary/aromatic N) is 3. The number of aromatic nitrogens is 2. The van der Waals surface area contributed by atoms with E-state index in [1.807, 2.05) is 55.4 Å². The van der Waals surface area contributed by atoms with Gasteiger partial charge in [0.05, 0.1) is 0 Å². The summed E-state index contributed by atoms with van der Waals surface area (Å²) in [6, 6.07) is 19.1. The van der Waals surface area contributed by atoms with E-state index in [1.54, 1.807) is 12.1 Å². The topological polar surface area (TPSA) is 70.2 Å². The average molecular weight is 361 g/mol. The Bertz CT molecular complexity index is 887. The summed E-state index contributed by atoms with van der Waals surface area (Å²) < 4.78 is 0. The molecule has 27 heavy (non-hydrogen) atoms. The number of hydrogen-bond acceptors (Lipinski definition) is 5. The Morgan fingerprint density at radius 1 is 0.889 bits per heavy atom. The lowest BCUT2D eigenvalue weighted by molar-refractivity contribution is 0.102. The smallest absolute Gasteiger partial charge is 0.276 e. The Balaban J connectivity index is 1.62. The summed E-state index contributed by atoms with van der Waals surface area (Å²) >= 11 is 0. The molecule has 138 valence electrons. The molecular weight excluding hydrogens is 338 g/mol. The van der Waals surface area contributed by atoms with E-state index in [2.05, 4.69) is 39.9 Å². The van der Waals surface area contributed by atoms with Crippen molar-refractivity contribution < 1.29 is 4.79 Å². The molecule has 0 radical (unpaired) electrons. The molecule has 0 spiro atoms. The number of carbonyl (C=O) groups excluding carboxylic acids is 1. The van der Waals surface area contributed by atoms with Crippen LogP contribution in [0.15, 0.2) is 60.7 Å². The Hall–Kier alpha value is -3.41. The van der Waals surface area contributed by atoms with Gasteiger partial charge in [-0.1, -0.05) is 19.1 Å². The van der Waals surface area contributed by atoms with E-state index in [-0.39, 0.29) is 11.6 Å². The first-order chi connectivity index (χ1) is 13.0. The minimum Gasteiger partial charge on any atom is -0.378 e. The molecule has 1 amide bonds. The maximum atomic E-state index is 12.3. The number of nitrogens with one attached hydrogen (secondary N) is 2. The number of benzene rings is 2. The summed E-state index contributed by atoms with van der Waals surface area (Å²) in [5, 5.41) is 14.1. The number of hydrogen-bond donors (Lipinski definition) is 2. The van der Waals surface area contributed by atoms with Gasteiger partial charge < -0.3 is 15.5 Å². The maximum absolute atomic E-state index is 12.3. The monoisotopic (exact) mass is 361 g/mol. The molecule has 2 aromatic carbocycles. The van der Waals surface area contributed by atoms with E-state index in [9.17, 15) is 4.79 Å². The first-order valence-electron chi connectivity index (χ1n) is 8.83. The Kier molecular flexibility index (Phi) is 5.66. The molecule has 0 fully saturated rings. The molecule has 3 aromatic rings. The van der Waals surface area contributed by atoms with E-state index in [1.165, 1.54) is 5.56 Å². The number of aryl methyl sites for hydroxylation is 1. The maximum Gasteiger partial charge on any atom is 0.276 e. The fourth-order valence-corrected chi connectivity index (χ4v) is 2.53. The fraction of sp³-hybridized carbons (Fsp3) is 0.190. The number of amides is 1. The molecule has 0 bridgehead atoms. The lowest BCUT2D eigenvalue weighted by Crippen LogP contribution is -2.15. The molecule has 0 atom stereocenters. The van der Waals surface area contributed by atoms with Gasteiger partial charge in [-0.05, 0) is 60.5 Å². The molecule has 0 saturated carbocycles. The Morgan fingerprint density at radius 2 is 1.56 bits per heavy atom. The second-order valence-electron chi connectivity index (χ2n) is 6.37. The molecule has 0 aliphatic heterocycles. The van der Waals surface area contributed by atoms with Gasteiger partial charge in [-0.15, -0.1) is 10.2 Å². The van der Waals surface area contributed by atoms with Gasteiger partial charge in [0, 0.05) is 31.2 Å². The highest BCUT2D eigenvalue weighted by atomic mass is 16.1. The van der Waals surface area contributed by atoms with Crippen LogP contribution in [0.4, 0.5) is 22.9 Å². The largest absolute Gasteiger partial charge is 0.378 e. The highest BCUT2D eigenvalue weighted by Crippen LogP contribution is 2.17. The third-order valence-corrected chi connectivity index (χ3v) is 4.17. The minimum absolute atomic E-state index is 0.263. The first-order valence-corrected chi connectivity index (χ1v) is 8.83.